The number of hydrogen-bond acceptors (Lipinski definition) is 4. The molecule has 1 amide bonds. The van der Waals surface area contributed by atoms with Crippen LogP contribution >= 0.6 is 0 Å². The Kier molecular flexibility index (Phi) is 4.25. The lowest BCUT2D eigenvalue weighted by atomic mass is 10.1. The molecular weight excluding hydrogens is 224 g/mol. The van der Waals surface area contributed by atoms with E-state index >= 15 is 0 Å². The average Bonchev–Trinajstić information content (AvgIpc) is 2.66. The van der Waals surface area contributed by atoms with E-state index < -0.39 is 5.97 Å². The Morgan fingerprint density at radius 3 is 2.65 bits per heavy atom. The van der Waals surface area contributed by atoms with Crippen LogP contribution < -0.4 is 0 Å². The van der Waals surface area contributed by atoms with Gasteiger partial charge in [-0.25, -0.2) is 0 Å². The molecule has 0 saturated heterocycles. The Balaban J connectivity index is 2.81. The minimum atomic E-state index is -0.928. The highest BCUT2D eigenvalue weighted by atomic mass is 16.5. The van der Waals surface area contributed by atoms with Crippen molar-refractivity contribution in [3.8, 4) is 0 Å². The van der Waals surface area contributed by atoms with Crippen molar-refractivity contribution in [3.63, 3.8) is 0 Å². The molecule has 0 atom stereocenters. The van der Waals surface area contributed by atoms with Gasteiger partial charge in [0.1, 0.15) is 11.3 Å². The van der Waals surface area contributed by atoms with Crippen LogP contribution in [0, 0.1) is 6.92 Å². The van der Waals surface area contributed by atoms with Crippen LogP contribution in [0.15, 0.2) is 4.52 Å². The normalized spacial score (nSPS) is 10.3. The van der Waals surface area contributed by atoms with Gasteiger partial charge in [-0.05, 0) is 13.3 Å². The van der Waals surface area contributed by atoms with Crippen molar-refractivity contribution >= 4 is 11.9 Å². The summed E-state index contributed by atoms with van der Waals surface area (Å²) in [6.07, 6.45) is 0.527. The maximum atomic E-state index is 12.1. The first-order valence-corrected chi connectivity index (χ1v) is 5.39. The Hall–Kier alpha value is -1.85. The van der Waals surface area contributed by atoms with Crippen molar-refractivity contribution in [2.75, 3.05) is 13.6 Å². The van der Waals surface area contributed by atoms with Crippen LogP contribution in [0.2, 0.25) is 0 Å². The molecule has 6 heteroatoms. The van der Waals surface area contributed by atoms with Crippen LogP contribution in [-0.4, -0.2) is 40.6 Å². The highest BCUT2D eigenvalue weighted by Gasteiger charge is 2.22. The number of nitrogens with zero attached hydrogens (tertiary/aromatic N) is 2. The molecule has 1 heterocycles. The van der Waals surface area contributed by atoms with Gasteiger partial charge in [0.25, 0.3) is 5.91 Å². The zero-order valence-corrected chi connectivity index (χ0v) is 10.2. The smallest absolute Gasteiger partial charge is 0.305 e. The van der Waals surface area contributed by atoms with Gasteiger partial charge in [-0.15, -0.1) is 0 Å². The molecule has 0 saturated carbocycles. The molecule has 0 aromatic carbocycles. The number of carbonyl (C=O) groups excluding carboxylic acids is 1. The quantitative estimate of drug-likeness (QED) is 0.832. The topological polar surface area (TPSA) is 83.6 Å². The zero-order valence-electron chi connectivity index (χ0n) is 10.2. The van der Waals surface area contributed by atoms with Crippen molar-refractivity contribution in [3.05, 3.63) is 17.0 Å². The Morgan fingerprint density at radius 2 is 2.12 bits per heavy atom. The number of carbonyl (C=O) groups is 2. The molecule has 1 aromatic rings. The van der Waals surface area contributed by atoms with Crippen molar-refractivity contribution in [2.45, 2.75) is 26.7 Å². The molecule has 0 bridgehead atoms. The highest BCUT2D eigenvalue weighted by molar-refractivity contribution is 5.96. The number of amides is 1. The fourth-order valence-electron chi connectivity index (χ4n) is 1.49. The monoisotopic (exact) mass is 240 g/mol. The lowest BCUT2D eigenvalue weighted by Gasteiger charge is -2.15. The summed E-state index contributed by atoms with van der Waals surface area (Å²) in [7, 11) is 1.57. The maximum absolute atomic E-state index is 12.1. The molecule has 17 heavy (non-hydrogen) atoms. The Morgan fingerprint density at radius 1 is 1.47 bits per heavy atom. The standard InChI is InChI=1S/C11H16N2O4/c1-4-8-10(7(2)17-12-8)11(16)13(3)6-5-9(14)15/h4-6H2,1-3H3,(H,14,15). The van der Waals surface area contributed by atoms with E-state index in [1.807, 2.05) is 6.92 Å². The highest BCUT2D eigenvalue weighted by Crippen LogP contribution is 2.16. The van der Waals surface area contributed by atoms with Crippen molar-refractivity contribution in [1.29, 1.82) is 0 Å². The molecule has 1 aromatic heterocycles. The van der Waals surface area contributed by atoms with Crippen LogP contribution in [0.25, 0.3) is 0 Å². The Labute approximate surface area is 99.2 Å². The first-order chi connectivity index (χ1) is 7.97. The third kappa shape index (κ3) is 3.05. The average molecular weight is 240 g/mol. The molecule has 0 aliphatic heterocycles. The molecule has 1 N–H and O–H groups in total. The molecule has 0 fully saturated rings. The van der Waals surface area contributed by atoms with E-state index in [1.165, 1.54) is 4.90 Å². The summed E-state index contributed by atoms with van der Waals surface area (Å²) in [5.74, 6) is -0.710. The first kappa shape index (κ1) is 13.2. The van der Waals surface area contributed by atoms with Gasteiger partial charge in [0.15, 0.2) is 0 Å². The molecule has 94 valence electrons. The van der Waals surface area contributed by atoms with E-state index in [2.05, 4.69) is 5.16 Å². The number of aromatic nitrogens is 1. The number of aryl methyl sites for hydroxylation is 2. The summed E-state index contributed by atoms with van der Waals surface area (Å²) < 4.78 is 4.97. The zero-order chi connectivity index (χ0) is 13.0. The summed E-state index contributed by atoms with van der Waals surface area (Å²) in [5, 5.41) is 12.4. The number of hydrogen-bond donors (Lipinski definition) is 1. The van der Waals surface area contributed by atoms with Crippen LogP contribution in [0.3, 0.4) is 0 Å². The van der Waals surface area contributed by atoms with Gasteiger partial charge >= 0.3 is 5.97 Å². The summed E-state index contributed by atoms with van der Waals surface area (Å²) in [4.78, 5) is 23.9. The second kappa shape index (κ2) is 5.47. The van der Waals surface area contributed by atoms with Gasteiger partial charge in [0, 0.05) is 13.6 Å². The van der Waals surface area contributed by atoms with Crippen LogP contribution in [0.5, 0.6) is 0 Å². The van der Waals surface area contributed by atoms with E-state index in [0.717, 1.165) is 0 Å². The number of rotatable bonds is 5. The fourth-order valence-corrected chi connectivity index (χ4v) is 1.49. The first-order valence-electron chi connectivity index (χ1n) is 5.39. The van der Waals surface area contributed by atoms with Crippen molar-refractivity contribution < 1.29 is 19.2 Å². The minimum Gasteiger partial charge on any atom is -0.481 e. The number of aliphatic carboxylic acids is 1. The van der Waals surface area contributed by atoms with Gasteiger partial charge in [-0.2, -0.15) is 0 Å². The predicted octanol–water partition coefficient (Wildman–Crippen LogP) is 1.09. The molecular formula is C11H16N2O4. The van der Waals surface area contributed by atoms with Crippen molar-refractivity contribution in [2.24, 2.45) is 0 Å². The second-order valence-electron chi connectivity index (χ2n) is 3.78. The molecule has 1 rings (SSSR count). The summed E-state index contributed by atoms with van der Waals surface area (Å²) >= 11 is 0. The minimum absolute atomic E-state index is 0.0754. The lowest BCUT2D eigenvalue weighted by molar-refractivity contribution is -0.137. The molecule has 0 spiro atoms. The van der Waals surface area contributed by atoms with Crippen LogP contribution in [0.4, 0.5) is 0 Å². The number of carboxylic acids is 1. The summed E-state index contributed by atoms with van der Waals surface area (Å²) in [6.45, 7) is 3.72. The van der Waals surface area contributed by atoms with E-state index in [9.17, 15) is 9.59 Å². The summed E-state index contributed by atoms with van der Waals surface area (Å²) in [6, 6.07) is 0. The third-order valence-electron chi connectivity index (χ3n) is 2.49. The van der Waals surface area contributed by atoms with Gasteiger partial charge < -0.3 is 14.5 Å². The van der Waals surface area contributed by atoms with E-state index in [0.29, 0.717) is 23.4 Å². The SMILES string of the molecule is CCc1noc(C)c1C(=O)N(C)CCC(=O)O. The van der Waals surface area contributed by atoms with E-state index in [-0.39, 0.29) is 18.9 Å². The fraction of sp³-hybridized carbons (Fsp3) is 0.545. The van der Waals surface area contributed by atoms with Gasteiger partial charge in [-0.3, -0.25) is 9.59 Å². The molecule has 0 unspecified atom stereocenters. The molecule has 0 aliphatic rings. The molecule has 6 nitrogen and oxygen atoms in total. The van der Waals surface area contributed by atoms with Crippen LogP contribution in [0.1, 0.15) is 35.2 Å². The largest absolute Gasteiger partial charge is 0.481 e. The lowest BCUT2D eigenvalue weighted by Crippen LogP contribution is -2.29. The Bertz CT molecular complexity index is 425. The van der Waals surface area contributed by atoms with Crippen molar-refractivity contribution in [1.82, 2.24) is 10.1 Å². The molecule has 0 radical (unpaired) electrons. The maximum Gasteiger partial charge on any atom is 0.305 e. The molecule has 0 aliphatic carbocycles. The van der Waals surface area contributed by atoms with Crippen LogP contribution in [-0.2, 0) is 11.2 Å². The third-order valence-corrected chi connectivity index (χ3v) is 2.49. The van der Waals surface area contributed by atoms with E-state index in [1.54, 1.807) is 14.0 Å². The second-order valence-corrected chi connectivity index (χ2v) is 3.78. The van der Waals surface area contributed by atoms with Gasteiger partial charge in [0.2, 0.25) is 0 Å². The summed E-state index contributed by atoms with van der Waals surface area (Å²) in [5.41, 5.74) is 1.05. The number of carboxylic acid groups (broad SMARTS) is 1. The van der Waals surface area contributed by atoms with Gasteiger partial charge in [0.05, 0.1) is 12.1 Å². The van der Waals surface area contributed by atoms with E-state index in [4.69, 9.17) is 9.63 Å². The predicted molar refractivity (Wildman–Crippen MR) is 59.8 cm³/mol. The van der Waals surface area contributed by atoms with Gasteiger partial charge in [-0.1, -0.05) is 12.1 Å².